The molecule has 0 aliphatic rings. The van der Waals surface area contributed by atoms with Crippen molar-refractivity contribution in [2.75, 3.05) is 12.9 Å². The Morgan fingerprint density at radius 1 is 1.47 bits per heavy atom. The van der Waals surface area contributed by atoms with E-state index in [1.807, 2.05) is 18.4 Å². The molecule has 0 spiro atoms. The Bertz CT molecular complexity index is 330. The molecule has 0 radical (unpaired) electrons. The van der Waals surface area contributed by atoms with Gasteiger partial charge in [0.1, 0.15) is 6.61 Å². The van der Waals surface area contributed by atoms with Gasteiger partial charge in [-0.25, -0.2) is 4.79 Å². The van der Waals surface area contributed by atoms with Crippen LogP contribution < -0.4 is 0 Å². The van der Waals surface area contributed by atoms with Gasteiger partial charge in [-0.1, -0.05) is 24.8 Å². The minimum Gasteiger partial charge on any atom is -0.458 e. The number of esters is 1. The zero-order chi connectivity index (χ0) is 11.1. The summed E-state index contributed by atoms with van der Waals surface area (Å²) in [4.78, 5) is 11.4. The average Bonchev–Trinajstić information content (AvgIpc) is 2.27. The first-order valence-electron chi connectivity index (χ1n) is 4.64. The maximum absolute atomic E-state index is 11.4. The predicted octanol–water partition coefficient (Wildman–Crippen LogP) is 2.89. The average molecular weight is 222 g/mol. The summed E-state index contributed by atoms with van der Waals surface area (Å²) in [7, 11) is 0. The highest BCUT2D eigenvalue weighted by atomic mass is 32.2. The standard InChI is InChI=1S/C12H14O2S/c1-3-8-14-12(13)11-6-4-10(5-7-11)9-15-2/h3-7H,1,8-9H2,2H3. The smallest absolute Gasteiger partial charge is 0.338 e. The highest BCUT2D eigenvalue weighted by Crippen LogP contribution is 2.11. The third-order valence-corrected chi connectivity index (χ3v) is 2.45. The van der Waals surface area contributed by atoms with Gasteiger partial charge in [-0.05, 0) is 24.0 Å². The van der Waals surface area contributed by atoms with E-state index in [4.69, 9.17) is 4.74 Å². The predicted molar refractivity (Wildman–Crippen MR) is 64.1 cm³/mol. The van der Waals surface area contributed by atoms with Crippen LogP contribution in [-0.4, -0.2) is 18.8 Å². The number of ether oxygens (including phenoxy) is 1. The zero-order valence-electron chi connectivity index (χ0n) is 8.73. The maximum Gasteiger partial charge on any atom is 0.338 e. The normalized spacial score (nSPS) is 9.67. The molecule has 0 saturated heterocycles. The van der Waals surface area contributed by atoms with Crippen LogP contribution in [0.2, 0.25) is 0 Å². The molecule has 0 bridgehead atoms. The van der Waals surface area contributed by atoms with Gasteiger partial charge in [-0.15, -0.1) is 0 Å². The molecule has 0 saturated carbocycles. The second-order valence-electron chi connectivity index (χ2n) is 3.02. The highest BCUT2D eigenvalue weighted by molar-refractivity contribution is 7.97. The van der Waals surface area contributed by atoms with Gasteiger partial charge in [0.2, 0.25) is 0 Å². The van der Waals surface area contributed by atoms with Gasteiger partial charge in [-0.2, -0.15) is 11.8 Å². The van der Waals surface area contributed by atoms with E-state index in [0.717, 1.165) is 5.75 Å². The quantitative estimate of drug-likeness (QED) is 0.566. The van der Waals surface area contributed by atoms with Crippen LogP contribution in [0, 0.1) is 0 Å². The first-order chi connectivity index (χ1) is 7.27. The lowest BCUT2D eigenvalue weighted by molar-refractivity contribution is 0.0550. The molecular weight excluding hydrogens is 208 g/mol. The van der Waals surface area contributed by atoms with Crippen molar-refractivity contribution >= 4 is 17.7 Å². The fraction of sp³-hybridized carbons (Fsp3) is 0.250. The summed E-state index contributed by atoms with van der Waals surface area (Å²) < 4.78 is 4.91. The molecule has 1 aromatic rings. The third kappa shape index (κ3) is 3.80. The molecule has 80 valence electrons. The molecule has 0 amide bonds. The third-order valence-electron chi connectivity index (χ3n) is 1.83. The molecule has 1 aromatic carbocycles. The SMILES string of the molecule is C=CCOC(=O)c1ccc(CSC)cc1. The maximum atomic E-state index is 11.4. The van der Waals surface area contributed by atoms with Crippen LogP contribution in [0.15, 0.2) is 36.9 Å². The summed E-state index contributed by atoms with van der Waals surface area (Å²) in [6.07, 6.45) is 3.60. The second kappa shape index (κ2) is 6.30. The van der Waals surface area contributed by atoms with Crippen molar-refractivity contribution in [3.8, 4) is 0 Å². The molecule has 0 N–H and O–H groups in total. The van der Waals surface area contributed by atoms with Gasteiger partial charge in [-0.3, -0.25) is 0 Å². The van der Waals surface area contributed by atoms with Gasteiger partial charge >= 0.3 is 5.97 Å². The van der Waals surface area contributed by atoms with Crippen LogP contribution in [0.25, 0.3) is 0 Å². The van der Waals surface area contributed by atoms with Crippen LogP contribution in [-0.2, 0) is 10.5 Å². The van der Waals surface area contributed by atoms with E-state index in [-0.39, 0.29) is 12.6 Å². The van der Waals surface area contributed by atoms with E-state index < -0.39 is 0 Å². The molecule has 0 heterocycles. The number of rotatable bonds is 5. The monoisotopic (exact) mass is 222 g/mol. The Kier molecular flexibility index (Phi) is 4.98. The van der Waals surface area contributed by atoms with Crippen molar-refractivity contribution in [2.45, 2.75) is 5.75 Å². The Morgan fingerprint density at radius 2 is 2.13 bits per heavy atom. The van der Waals surface area contributed by atoms with Gasteiger partial charge in [0, 0.05) is 5.75 Å². The van der Waals surface area contributed by atoms with Crippen molar-refractivity contribution < 1.29 is 9.53 Å². The van der Waals surface area contributed by atoms with Crippen molar-refractivity contribution in [3.05, 3.63) is 48.0 Å². The minimum atomic E-state index is -0.300. The number of hydrogen-bond donors (Lipinski definition) is 0. The number of carbonyl (C=O) groups is 1. The highest BCUT2D eigenvalue weighted by Gasteiger charge is 2.05. The summed E-state index contributed by atoms with van der Waals surface area (Å²) in [5.74, 6) is 0.660. The molecule has 3 heteroatoms. The van der Waals surface area contributed by atoms with E-state index in [1.54, 1.807) is 30.0 Å². The van der Waals surface area contributed by atoms with Crippen molar-refractivity contribution in [1.29, 1.82) is 0 Å². The Morgan fingerprint density at radius 3 is 2.67 bits per heavy atom. The van der Waals surface area contributed by atoms with Crippen molar-refractivity contribution in [3.63, 3.8) is 0 Å². The topological polar surface area (TPSA) is 26.3 Å². The van der Waals surface area contributed by atoms with Crippen LogP contribution in [0.5, 0.6) is 0 Å². The largest absolute Gasteiger partial charge is 0.458 e. The number of hydrogen-bond acceptors (Lipinski definition) is 3. The molecule has 0 fully saturated rings. The van der Waals surface area contributed by atoms with Gasteiger partial charge in [0.15, 0.2) is 0 Å². The fourth-order valence-corrected chi connectivity index (χ4v) is 1.65. The molecule has 15 heavy (non-hydrogen) atoms. The Balaban J connectivity index is 2.62. The Hall–Kier alpha value is -1.22. The molecule has 0 aliphatic heterocycles. The van der Waals surface area contributed by atoms with Crippen LogP contribution in [0.4, 0.5) is 0 Å². The molecular formula is C12H14O2S. The number of thioether (sulfide) groups is 1. The first-order valence-corrected chi connectivity index (χ1v) is 6.03. The summed E-state index contributed by atoms with van der Waals surface area (Å²) in [5.41, 5.74) is 1.80. The molecule has 2 nitrogen and oxygen atoms in total. The molecule has 0 aliphatic carbocycles. The van der Waals surface area contributed by atoms with Crippen LogP contribution >= 0.6 is 11.8 Å². The zero-order valence-corrected chi connectivity index (χ0v) is 9.55. The summed E-state index contributed by atoms with van der Waals surface area (Å²) in [6.45, 7) is 3.74. The van der Waals surface area contributed by atoms with Gasteiger partial charge < -0.3 is 4.74 Å². The van der Waals surface area contributed by atoms with Gasteiger partial charge in [0.05, 0.1) is 5.56 Å². The fourth-order valence-electron chi connectivity index (χ4n) is 1.12. The summed E-state index contributed by atoms with van der Waals surface area (Å²) >= 11 is 1.75. The number of benzene rings is 1. The minimum absolute atomic E-state index is 0.255. The van der Waals surface area contributed by atoms with Crippen molar-refractivity contribution in [1.82, 2.24) is 0 Å². The second-order valence-corrected chi connectivity index (χ2v) is 3.88. The molecule has 0 atom stereocenters. The van der Waals surface area contributed by atoms with E-state index in [1.165, 1.54) is 5.56 Å². The molecule has 0 aromatic heterocycles. The lowest BCUT2D eigenvalue weighted by Gasteiger charge is -2.03. The number of carbonyl (C=O) groups excluding carboxylic acids is 1. The lowest BCUT2D eigenvalue weighted by atomic mass is 10.1. The Labute approximate surface area is 94.3 Å². The van der Waals surface area contributed by atoms with E-state index >= 15 is 0 Å². The first kappa shape index (κ1) is 11.9. The molecule has 0 unspecified atom stereocenters. The van der Waals surface area contributed by atoms with E-state index in [2.05, 4.69) is 6.58 Å². The van der Waals surface area contributed by atoms with Gasteiger partial charge in [0.25, 0.3) is 0 Å². The van der Waals surface area contributed by atoms with Crippen molar-refractivity contribution in [2.24, 2.45) is 0 Å². The summed E-state index contributed by atoms with van der Waals surface area (Å²) in [5, 5.41) is 0. The lowest BCUT2D eigenvalue weighted by Crippen LogP contribution is -2.04. The molecule has 1 rings (SSSR count). The van der Waals surface area contributed by atoms with Crippen LogP contribution in [0.1, 0.15) is 15.9 Å². The van der Waals surface area contributed by atoms with E-state index in [9.17, 15) is 4.79 Å². The summed E-state index contributed by atoms with van der Waals surface area (Å²) in [6, 6.07) is 7.47. The van der Waals surface area contributed by atoms with Crippen LogP contribution in [0.3, 0.4) is 0 Å². The van der Waals surface area contributed by atoms with E-state index in [0.29, 0.717) is 5.56 Å².